The lowest BCUT2D eigenvalue weighted by Gasteiger charge is -2.44. The maximum Gasteiger partial charge on any atom is 0.291 e. The highest BCUT2D eigenvalue weighted by Gasteiger charge is 2.55. The van der Waals surface area contributed by atoms with Gasteiger partial charge in [0, 0.05) is 46.3 Å². The maximum absolute atomic E-state index is 13.8. The molecular formula is C36H52N4O5Si. The summed E-state index contributed by atoms with van der Waals surface area (Å²) in [6, 6.07) is 9.56. The van der Waals surface area contributed by atoms with Gasteiger partial charge in [-0.2, -0.15) is 5.26 Å². The fraction of sp³-hybridized carbons (Fsp3) is 0.639. The monoisotopic (exact) mass is 648 g/mol. The normalized spacial score (nSPS) is 25.6. The van der Waals surface area contributed by atoms with E-state index in [0.29, 0.717) is 19.8 Å². The smallest absolute Gasteiger partial charge is 0.291 e. The number of hydrogen-bond donors (Lipinski definition) is 1. The maximum atomic E-state index is 13.8. The highest BCUT2D eigenvalue weighted by Crippen LogP contribution is 2.54. The zero-order valence-electron chi connectivity index (χ0n) is 28.8. The van der Waals surface area contributed by atoms with Gasteiger partial charge in [-0.25, -0.2) is 4.98 Å². The van der Waals surface area contributed by atoms with Gasteiger partial charge in [-0.05, 0) is 85.6 Å². The zero-order chi connectivity index (χ0) is 33.2. The van der Waals surface area contributed by atoms with Crippen LogP contribution in [-0.4, -0.2) is 68.8 Å². The molecule has 2 aliphatic heterocycles. The van der Waals surface area contributed by atoms with Crippen LogP contribution in [0.5, 0.6) is 0 Å². The Morgan fingerprint density at radius 2 is 1.83 bits per heavy atom. The van der Waals surface area contributed by atoms with E-state index in [9.17, 15) is 10.1 Å². The van der Waals surface area contributed by atoms with E-state index in [0.717, 1.165) is 62.2 Å². The van der Waals surface area contributed by atoms with Gasteiger partial charge in [0.25, 0.3) is 5.91 Å². The first-order chi connectivity index (χ1) is 21.8. The van der Waals surface area contributed by atoms with Gasteiger partial charge in [-0.1, -0.05) is 45.6 Å². The highest BCUT2D eigenvalue weighted by atomic mass is 28.3. The van der Waals surface area contributed by atoms with Gasteiger partial charge in [0.05, 0.1) is 24.4 Å². The standard InChI is InChI=1S/C36H52N4O5Si/c1-34(2)12-10-26(11-13-34)30-18-27(28-19-35(23-42-3)14-15-36(20-28,45-35)24-43-4)8-9-31(30)39-33(41)32-38-29(21-37)22-40(32)25-44-16-17-46(5,6)7/h8-10,18,22,28H,11-17,19-20,23-25H2,1-7H3,(H,39,41)/t28-,35+,36-. The average molecular weight is 649 g/mol. The summed E-state index contributed by atoms with van der Waals surface area (Å²) in [4.78, 5) is 18.1. The molecule has 10 heteroatoms. The minimum absolute atomic E-state index is 0.169. The fourth-order valence-electron chi connectivity index (χ4n) is 7.34. The van der Waals surface area contributed by atoms with E-state index in [1.54, 1.807) is 25.0 Å². The van der Waals surface area contributed by atoms with Crippen LogP contribution in [0.2, 0.25) is 25.7 Å². The van der Waals surface area contributed by atoms with Crippen LogP contribution < -0.4 is 5.32 Å². The van der Waals surface area contributed by atoms with Gasteiger partial charge in [0.1, 0.15) is 12.8 Å². The van der Waals surface area contributed by atoms with Crippen molar-refractivity contribution in [2.45, 2.75) is 108 Å². The quantitative estimate of drug-likeness (QED) is 0.178. The van der Waals surface area contributed by atoms with E-state index < -0.39 is 8.07 Å². The van der Waals surface area contributed by atoms with E-state index in [4.69, 9.17) is 18.9 Å². The minimum Gasteiger partial charge on any atom is -0.382 e. The number of nitriles is 1. The Balaban J connectivity index is 1.44. The summed E-state index contributed by atoms with van der Waals surface area (Å²) in [6.07, 6.45) is 10.6. The number of nitrogens with zero attached hydrogens (tertiary/aromatic N) is 3. The van der Waals surface area contributed by atoms with E-state index in [1.165, 1.54) is 11.1 Å². The number of amides is 1. The van der Waals surface area contributed by atoms with Crippen LogP contribution in [0.25, 0.3) is 5.57 Å². The molecule has 9 nitrogen and oxygen atoms in total. The Kier molecular flexibility index (Phi) is 10.3. The predicted octanol–water partition coefficient (Wildman–Crippen LogP) is 7.37. The Morgan fingerprint density at radius 1 is 1.13 bits per heavy atom. The molecule has 250 valence electrons. The number of anilines is 1. The SMILES string of the molecule is COC[C@@]12CC[C@@](COC)(C[C@@H](c3ccc(NC(=O)c4nc(C#N)cn4COCC[Si](C)(C)C)c(C4=CCC(C)(C)CC4)c3)C1)O2. The lowest BCUT2D eigenvalue weighted by molar-refractivity contribution is -0.184. The van der Waals surface area contributed by atoms with Crippen molar-refractivity contribution in [3.8, 4) is 6.07 Å². The molecule has 0 radical (unpaired) electrons. The van der Waals surface area contributed by atoms with Gasteiger partial charge in [0.2, 0.25) is 5.82 Å². The van der Waals surface area contributed by atoms with Crippen molar-refractivity contribution in [1.29, 1.82) is 5.26 Å². The second kappa shape index (κ2) is 13.7. The van der Waals surface area contributed by atoms with Crippen LogP contribution in [0.3, 0.4) is 0 Å². The van der Waals surface area contributed by atoms with Crippen molar-refractivity contribution in [3.05, 3.63) is 53.1 Å². The number of allylic oxidation sites excluding steroid dienone is 2. The number of hydrogen-bond acceptors (Lipinski definition) is 7. The molecule has 1 amide bonds. The molecule has 1 aromatic heterocycles. The molecule has 0 spiro atoms. The lowest BCUT2D eigenvalue weighted by atomic mass is 9.75. The molecule has 3 heterocycles. The second-order valence-electron chi connectivity index (χ2n) is 15.7. The summed E-state index contributed by atoms with van der Waals surface area (Å²) in [5.41, 5.74) is 4.10. The summed E-state index contributed by atoms with van der Waals surface area (Å²) >= 11 is 0. The molecule has 1 aliphatic carbocycles. The number of nitrogens with one attached hydrogen (secondary N) is 1. The highest BCUT2D eigenvalue weighted by molar-refractivity contribution is 6.76. The number of carbonyl (C=O) groups is 1. The third-order valence-electron chi connectivity index (χ3n) is 9.92. The van der Waals surface area contributed by atoms with Gasteiger partial charge in [0.15, 0.2) is 5.69 Å². The lowest BCUT2D eigenvalue weighted by Crippen LogP contribution is -2.48. The molecule has 1 N–H and O–H groups in total. The van der Waals surface area contributed by atoms with Crippen molar-refractivity contribution in [2.75, 3.05) is 39.4 Å². The van der Waals surface area contributed by atoms with E-state index >= 15 is 0 Å². The van der Waals surface area contributed by atoms with E-state index in [2.05, 4.69) is 68.1 Å². The van der Waals surface area contributed by atoms with Crippen molar-refractivity contribution in [1.82, 2.24) is 9.55 Å². The summed E-state index contributed by atoms with van der Waals surface area (Å²) in [5.74, 6) is 0.0849. The average Bonchev–Trinajstić information content (AvgIpc) is 3.53. The number of ether oxygens (including phenoxy) is 4. The topological polar surface area (TPSA) is 108 Å². The first kappa shape index (κ1) is 34.5. The molecule has 0 unspecified atom stereocenters. The van der Waals surface area contributed by atoms with Crippen LogP contribution in [0.15, 0.2) is 30.5 Å². The van der Waals surface area contributed by atoms with Gasteiger partial charge in [-0.15, -0.1) is 0 Å². The Bertz CT molecular complexity index is 1470. The van der Waals surface area contributed by atoms with Crippen LogP contribution >= 0.6 is 0 Å². The third kappa shape index (κ3) is 8.00. The first-order valence-electron chi connectivity index (χ1n) is 16.7. The number of imidazole rings is 1. The number of methoxy groups -OCH3 is 2. The Morgan fingerprint density at radius 3 is 2.41 bits per heavy atom. The minimum atomic E-state index is -1.26. The Hall–Kier alpha value is -2.81. The summed E-state index contributed by atoms with van der Waals surface area (Å²) in [7, 11) is 2.23. The summed E-state index contributed by atoms with van der Waals surface area (Å²) in [6.45, 7) is 13.4. The van der Waals surface area contributed by atoms with Crippen LogP contribution in [0, 0.1) is 16.7 Å². The molecule has 1 aromatic carbocycles. The second-order valence-corrected chi connectivity index (χ2v) is 21.3. The molecule has 2 bridgehead atoms. The largest absolute Gasteiger partial charge is 0.382 e. The molecule has 5 rings (SSSR count). The number of fused-ring (bicyclic) bond motifs is 2. The third-order valence-corrected chi connectivity index (χ3v) is 11.6. The molecule has 2 saturated heterocycles. The summed E-state index contributed by atoms with van der Waals surface area (Å²) < 4.78 is 25.6. The van der Waals surface area contributed by atoms with Gasteiger partial charge >= 0.3 is 0 Å². The molecule has 3 aliphatic rings. The van der Waals surface area contributed by atoms with Crippen LogP contribution in [0.4, 0.5) is 5.69 Å². The van der Waals surface area contributed by atoms with E-state index in [-0.39, 0.29) is 46.7 Å². The predicted molar refractivity (Wildman–Crippen MR) is 183 cm³/mol. The number of aromatic nitrogens is 2. The zero-order valence-corrected chi connectivity index (χ0v) is 29.8. The van der Waals surface area contributed by atoms with Crippen LogP contribution in [0.1, 0.15) is 92.2 Å². The van der Waals surface area contributed by atoms with Crippen molar-refractivity contribution < 1.29 is 23.7 Å². The number of benzene rings is 1. The molecule has 0 saturated carbocycles. The number of carbonyl (C=O) groups excluding carboxylic acids is 1. The molecule has 2 aromatic rings. The number of rotatable bonds is 13. The van der Waals surface area contributed by atoms with Crippen molar-refractivity contribution in [2.24, 2.45) is 5.41 Å². The van der Waals surface area contributed by atoms with Gasteiger partial charge in [-0.3, -0.25) is 4.79 Å². The first-order valence-corrected chi connectivity index (χ1v) is 20.4. The van der Waals surface area contributed by atoms with Gasteiger partial charge < -0.3 is 28.8 Å². The van der Waals surface area contributed by atoms with Crippen LogP contribution in [-0.2, 0) is 25.7 Å². The van der Waals surface area contributed by atoms with E-state index in [1.807, 2.05) is 6.07 Å². The van der Waals surface area contributed by atoms with Crippen molar-refractivity contribution >= 4 is 25.2 Å². The summed E-state index contributed by atoms with van der Waals surface area (Å²) in [5, 5.41) is 12.7. The van der Waals surface area contributed by atoms with Crippen molar-refractivity contribution in [3.63, 3.8) is 0 Å². The Labute approximate surface area is 275 Å². The molecular weight excluding hydrogens is 597 g/mol. The fourth-order valence-corrected chi connectivity index (χ4v) is 8.09. The molecule has 3 atom stereocenters. The molecule has 46 heavy (non-hydrogen) atoms. The molecule has 2 fully saturated rings.